The Hall–Kier alpha value is -0.850. The standard InChI is InChI=1S/C16H27NO4S/c1-11-9-13(12(2)21-11)16(3,18)10-17-14-7-5-6-8-15(14)22(4,19)20/h9,14-15,17-18H,5-8,10H2,1-4H3. The van der Waals surface area contributed by atoms with Crippen molar-refractivity contribution < 1.29 is 17.9 Å². The fourth-order valence-corrected chi connectivity index (χ4v) is 4.86. The van der Waals surface area contributed by atoms with Crippen molar-refractivity contribution in [1.29, 1.82) is 0 Å². The number of rotatable bonds is 5. The van der Waals surface area contributed by atoms with E-state index in [1.807, 2.05) is 19.9 Å². The third-order valence-corrected chi connectivity index (χ3v) is 6.25. The number of furan rings is 1. The molecule has 3 atom stereocenters. The summed E-state index contributed by atoms with van der Waals surface area (Å²) in [5.41, 5.74) is -0.328. The molecule has 3 unspecified atom stereocenters. The summed E-state index contributed by atoms with van der Waals surface area (Å²) in [6.45, 7) is 5.72. The summed E-state index contributed by atoms with van der Waals surface area (Å²) in [6.07, 6.45) is 4.81. The van der Waals surface area contributed by atoms with Gasteiger partial charge in [0.2, 0.25) is 0 Å². The maximum absolute atomic E-state index is 11.9. The zero-order valence-corrected chi connectivity index (χ0v) is 14.7. The van der Waals surface area contributed by atoms with Gasteiger partial charge < -0.3 is 14.8 Å². The minimum Gasteiger partial charge on any atom is -0.466 e. The van der Waals surface area contributed by atoms with Gasteiger partial charge in [0, 0.05) is 24.4 Å². The first kappa shape index (κ1) is 17.5. The van der Waals surface area contributed by atoms with E-state index in [9.17, 15) is 13.5 Å². The highest BCUT2D eigenvalue weighted by Gasteiger charge is 2.35. The molecule has 22 heavy (non-hydrogen) atoms. The molecule has 1 heterocycles. The molecule has 2 N–H and O–H groups in total. The van der Waals surface area contributed by atoms with Crippen molar-refractivity contribution in [3.05, 3.63) is 23.2 Å². The normalized spacial score (nSPS) is 25.9. The summed E-state index contributed by atoms with van der Waals surface area (Å²) in [7, 11) is -3.07. The van der Waals surface area contributed by atoms with Gasteiger partial charge in [-0.15, -0.1) is 0 Å². The monoisotopic (exact) mass is 329 g/mol. The zero-order valence-electron chi connectivity index (χ0n) is 13.8. The lowest BCUT2D eigenvalue weighted by Gasteiger charge is -2.34. The van der Waals surface area contributed by atoms with Gasteiger partial charge in [0.25, 0.3) is 0 Å². The highest BCUT2D eigenvalue weighted by molar-refractivity contribution is 7.91. The molecule has 1 aliphatic rings. The number of nitrogens with one attached hydrogen (secondary N) is 1. The molecule has 126 valence electrons. The molecular formula is C16H27NO4S. The van der Waals surface area contributed by atoms with E-state index in [0.29, 0.717) is 18.7 Å². The highest BCUT2D eigenvalue weighted by atomic mass is 32.2. The lowest BCUT2D eigenvalue weighted by atomic mass is 9.92. The van der Waals surface area contributed by atoms with E-state index in [4.69, 9.17) is 4.42 Å². The molecule has 0 amide bonds. The van der Waals surface area contributed by atoms with Gasteiger partial charge in [-0.3, -0.25) is 0 Å². The summed E-state index contributed by atoms with van der Waals surface area (Å²) in [4.78, 5) is 0. The van der Waals surface area contributed by atoms with E-state index in [1.54, 1.807) is 6.92 Å². The molecular weight excluding hydrogens is 302 g/mol. The van der Waals surface area contributed by atoms with Crippen molar-refractivity contribution >= 4 is 9.84 Å². The van der Waals surface area contributed by atoms with Crippen LogP contribution in [0, 0.1) is 13.8 Å². The number of aliphatic hydroxyl groups is 1. The van der Waals surface area contributed by atoms with Crippen molar-refractivity contribution in [3.8, 4) is 0 Å². The molecule has 0 aliphatic heterocycles. The fraction of sp³-hybridized carbons (Fsp3) is 0.750. The van der Waals surface area contributed by atoms with Crippen LogP contribution in [0.25, 0.3) is 0 Å². The molecule has 1 fully saturated rings. The topological polar surface area (TPSA) is 79.5 Å². The van der Waals surface area contributed by atoms with Gasteiger partial charge in [-0.05, 0) is 39.7 Å². The molecule has 0 spiro atoms. The fourth-order valence-electron chi connectivity index (χ4n) is 3.43. The van der Waals surface area contributed by atoms with E-state index in [-0.39, 0.29) is 11.3 Å². The van der Waals surface area contributed by atoms with E-state index in [2.05, 4.69) is 5.32 Å². The van der Waals surface area contributed by atoms with Crippen LogP contribution in [0.2, 0.25) is 0 Å². The molecule has 1 saturated carbocycles. The van der Waals surface area contributed by atoms with Gasteiger partial charge in [-0.25, -0.2) is 8.42 Å². The minimum atomic E-state index is -3.07. The molecule has 0 saturated heterocycles. The number of sulfone groups is 1. The lowest BCUT2D eigenvalue weighted by molar-refractivity contribution is 0.0509. The molecule has 1 aromatic heterocycles. The van der Waals surface area contributed by atoms with Crippen LogP contribution in [0.1, 0.15) is 49.7 Å². The van der Waals surface area contributed by atoms with Crippen LogP contribution in [0.15, 0.2) is 10.5 Å². The van der Waals surface area contributed by atoms with Crippen molar-refractivity contribution in [1.82, 2.24) is 5.32 Å². The van der Waals surface area contributed by atoms with Gasteiger partial charge >= 0.3 is 0 Å². The predicted molar refractivity (Wildman–Crippen MR) is 86.6 cm³/mol. The summed E-state index contributed by atoms with van der Waals surface area (Å²) < 4.78 is 29.3. The Balaban J connectivity index is 2.08. The second-order valence-corrected chi connectivity index (χ2v) is 9.01. The molecule has 5 nitrogen and oxygen atoms in total. The molecule has 1 aliphatic carbocycles. The Kier molecular flexibility index (Phi) is 5.04. The van der Waals surface area contributed by atoms with E-state index < -0.39 is 15.4 Å². The maximum atomic E-state index is 11.9. The van der Waals surface area contributed by atoms with Gasteiger partial charge in [-0.1, -0.05) is 12.8 Å². The molecule has 2 rings (SSSR count). The van der Waals surface area contributed by atoms with Crippen LogP contribution in [-0.2, 0) is 15.4 Å². The van der Waals surface area contributed by atoms with Crippen LogP contribution in [-0.4, -0.2) is 37.6 Å². The summed E-state index contributed by atoms with van der Waals surface area (Å²) in [5, 5.41) is 13.7. The van der Waals surface area contributed by atoms with Crippen molar-refractivity contribution in [3.63, 3.8) is 0 Å². The van der Waals surface area contributed by atoms with Gasteiger partial charge in [0.1, 0.15) is 17.1 Å². The van der Waals surface area contributed by atoms with Crippen molar-refractivity contribution in [2.24, 2.45) is 0 Å². The van der Waals surface area contributed by atoms with Crippen LogP contribution in [0.3, 0.4) is 0 Å². The first-order chi connectivity index (χ1) is 10.1. The zero-order chi connectivity index (χ0) is 16.5. The summed E-state index contributed by atoms with van der Waals surface area (Å²) >= 11 is 0. The third-order valence-electron chi connectivity index (χ3n) is 4.58. The maximum Gasteiger partial charge on any atom is 0.151 e. The molecule has 0 radical (unpaired) electrons. The van der Waals surface area contributed by atoms with Crippen LogP contribution in [0.5, 0.6) is 0 Å². The number of hydrogen-bond donors (Lipinski definition) is 2. The largest absolute Gasteiger partial charge is 0.466 e. The van der Waals surface area contributed by atoms with Crippen LogP contribution >= 0.6 is 0 Å². The lowest BCUT2D eigenvalue weighted by Crippen LogP contribution is -2.50. The van der Waals surface area contributed by atoms with E-state index in [1.165, 1.54) is 6.26 Å². The van der Waals surface area contributed by atoms with Crippen molar-refractivity contribution in [2.75, 3.05) is 12.8 Å². The Morgan fingerprint density at radius 2 is 2.00 bits per heavy atom. The van der Waals surface area contributed by atoms with Crippen LogP contribution < -0.4 is 5.32 Å². The first-order valence-electron chi connectivity index (χ1n) is 7.83. The van der Waals surface area contributed by atoms with Gasteiger partial charge in [-0.2, -0.15) is 0 Å². The van der Waals surface area contributed by atoms with Crippen molar-refractivity contribution in [2.45, 2.75) is 63.3 Å². The highest BCUT2D eigenvalue weighted by Crippen LogP contribution is 2.28. The average molecular weight is 329 g/mol. The Bertz CT molecular complexity index is 618. The Morgan fingerprint density at radius 3 is 2.55 bits per heavy atom. The summed E-state index contributed by atoms with van der Waals surface area (Å²) in [6, 6.07) is 1.75. The molecule has 1 aromatic rings. The predicted octanol–water partition coefficient (Wildman–Crippen LogP) is 2.05. The molecule has 0 aromatic carbocycles. The first-order valence-corrected chi connectivity index (χ1v) is 9.79. The SMILES string of the molecule is Cc1cc(C(C)(O)CNC2CCCCC2S(C)(=O)=O)c(C)o1. The Morgan fingerprint density at radius 1 is 1.36 bits per heavy atom. The molecule has 0 bridgehead atoms. The summed E-state index contributed by atoms with van der Waals surface area (Å²) in [5.74, 6) is 1.46. The number of hydrogen-bond acceptors (Lipinski definition) is 5. The molecule has 6 heteroatoms. The second kappa shape index (κ2) is 6.34. The Labute approximate surface area is 133 Å². The number of aryl methyl sites for hydroxylation is 2. The van der Waals surface area contributed by atoms with E-state index >= 15 is 0 Å². The van der Waals surface area contributed by atoms with Crippen LogP contribution in [0.4, 0.5) is 0 Å². The minimum absolute atomic E-state index is 0.0940. The van der Waals surface area contributed by atoms with E-state index in [0.717, 1.165) is 30.6 Å². The third kappa shape index (κ3) is 3.91. The quantitative estimate of drug-likeness (QED) is 0.864. The average Bonchev–Trinajstić information content (AvgIpc) is 2.76. The smallest absolute Gasteiger partial charge is 0.151 e. The van der Waals surface area contributed by atoms with Gasteiger partial charge in [0.15, 0.2) is 9.84 Å². The second-order valence-electron chi connectivity index (χ2n) is 6.74. The van der Waals surface area contributed by atoms with Gasteiger partial charge in [0.05, 0.1) is 5.25 Å².